The third-order valence-corrected chi connectivity index (χ3v) is 3.87. The van der Waals surface area contributed by atoms with Gasteiger partial charge < -0.3 is 10.4 Å². The maximum atomic E-state index is 9.85. The lowest BCUT2D eigenvalue weighted by molar-refractivity contribution is 0.117. The fourth-order valence-electron chi connectivity index (χ4n) is 1.98. The average molecular weight is 231 g/mol. The highest BCUT2D eigenvalue weighted by Gasteiger charge is 2.18. The summed E-state index contributed by atoms with van der Waals surface area (Å²) in [7, 11) is 0. The Bertz CT molecular complexity index is 173. The molecule has 0 unspecified atom stereocenters. The average Bonchev–Trinajstić information content (AvgIpc) is 2.14. The van der Waals surface area contributed by atoms with Crippen LogP contribution in [-0.2, 0) is 0 Å². The first-order valence-corrected chi connectivity index (χ1v) is 7.12. The van der Waals surface area contributed by atoms with Crippen molar-refractivity contribution in [2.24, 2.45) is 5.41 Å². The van der Waals surface area contributed by atoms with Gasteiger partial charge in [0.2, 0.25) is 0 Å². The van der Waals surface area contributed by atoms with Gasteiger partial charge in [-0.2, -0.15) is 11.8 Å². The molecule has 15 heavy (non-hydrogen) atoms. The molecule has 0 aromatic rings. The number of aliphatic hydroxyl groups is 1. The van der Waals surface area contributed by atoms with E-state index >= 15 is 0 Å². The van der Waals surface area contributed by atoms with Crippen LogP contribution in [-0.4, -0.2) is 35.3 Å². The first kappa shape index (κ1) is 13.3. The highest BCUT2D eigenvalue weighted by atomic mass is 32.2. The summed E-state index contributed by atoms with van der Waals surface area (Å²) >= 11 is 2.02. The van der Waals surface area contributed by atoms with Gasteiger partial charge in [0, 0.05) is 18.3 Å². The van der Waals surface area contributed by atoms with Gasteiger partial charge in [-0.05, 0) is 30.4 Å². The lowest BCUT2D eigenvalue weighted by Crippen LogP contribution is -2.39. The lowest BCUT2D eigenvalue weighted by atomic mass is 9.89. The summed E-state index contributed by atoms with van der Waals surface area (Å²) in [5, 5.41) is 13.3. The Hall–Kier alpha value is 0.270. The quantitative estimate of drug-likeness (QED) is 0.778. The van der Waals surface area contributed by atoms with Crippen LogP contribution >= 0.6 is 11.8 Å². The van der Waals surface area contributed by atoms with Crippen molar-refractivity contribution < 1.29 is 5.11 Å². The second-order valence-electron chi connectivity index (χ2n) is 5.74. The molecule has 2 N–H and O–H groups in total. The Morgan fingerprint density at radius 3 is 2.73 bits per heavy atom. The van der Waals surface area contributed by atoms with E-state index in [0.717, 1.165) is 13.0 Å². The van der Waals surface area contributed by atoms with Crippen molar-refractivity contribution in [3.63, 3.8) is 0 Å². The molecule has 1 fully saturated rings. The number of hydrogen-bond acceptors (Lipinski definition) is 3. The predicted molar refractivity (Wildman–Crippen MR) is 68.4 cm³/mol. The van der Waals surface area contributed by atoms with Crippen molar-refractivity contribution in [3.05, 3.63) is 0 Å². The SMILES string of the molecule is CC(C)(C)C[C@H](O)CN[C@@H]1CCCSC1. The van der Waals surface area contributed by atoms with Crippen LogP contribution in [0.5, 0.6) is 0 Å². The molecule has 0 aromatic carbocycles. The molecular weight excluding hydrogens is 206 g/mol. The molecule has 1 rings (SSSR count). The Morgan fingerprint density at radius 2 is 2.20 bits per heavy atom. The van der Waals surface area contributed by atoms with Crippen LogP contribution < -0.4 is 5.32 Å². The zero-order valence-corrected chi connectivity index (χ0v) is 11.1. The fraction of sp³-hybridized carbons (Fsp3) is 1.00. The minimum absolute atomic E-state index is 0.197. The van der Waals surface area contributed by atoms with Gasteiger partial charge in [0.1, 0.15) is 0 Å². The zero-order valence-electron chi connectivity index (χ0n) is 10.3. The first-order valence-electron chi connectivity index (χ1n) is 5.96. The number of thioether (sulfide) groups is 1. The predicted octanol–water partition coefficient (Wildman–Crippen LogP) is 2.27. The Morgan fingerprint density at radius 1 is 1.47 bits per heavy atom. The molecule has 0 aromatic heterocycles. The summed E-state index contributed by atoms with van der Waals surface area (Å²) in [5.41, 5.74) is 0.225. The van der Waals surface area contributed by atoms with E-state index in [1.807, 2.05) is 11.8 Å². The van der Waals surface area contributed by atoms with Crippen LogP contribution in [0.25, 0.3) is 0 Å². The minimum atomic E-state index is -0.197. The molecule has 0 radical (unpaired) electrons. The zero-order chi connectivity index (χ0) is 11.3. The van der Waals surface area contributed by atoms with Crippen molar-refractivity contribution in [3.8, 4) is 0 Å². The maximum absolute atomic E-state index is 9.85. The van der Waals surface area contributed by atoms with Crippen molar-refractivity contribution in [2.45, 2.75) is 52.2 Å². The Labute approximate surface area is 98.2 Å². The summed E-state index contributed by atoms with van der Waals surface area (Å²) in [6.45, 7) is 7.27. The third-order valence-electron chi connectivity index (χ3n) is 2.65. The maximum Gasteiger partial charge on any atom is 0.0669 e. The van der Waals surface area contributed by atoms with Gasteiger partial charge in [-0.15, -0.1) is 0 Å². The van der Waals surface area contributed by atoms with E-state index in [4.69, 9.17) is 0 Å². The van der Waals surface area contributed by atoms with Gasteiger partial charge in [0.25, 0.3) is 0 Å². The number of rotatable bonds is 4. The Balaban J connectivity index is 2.12. The molecule has 1 aliphatic heterocycles. The standard InChI is InChI=1S/C12H25NOS/c1-12(2,3)7-11(14)8-13-10-5-4-6-15-9-10/h10-11,13-14H,4-9H2,1-3H3/t10-,11+/m1/s1. The molecule has 2 atom stereocenters. The summed E-state index contributed by atoms with van der Waals surface area (Å²) in [6, 6.07) is 0.623. The number of hydrogen-bond donors (Lipinski definition) is 2. The molecule has 1 heterocycles. The third kappa shape index (κ3) is 6.44. The molecule has 1 saturated heterocycles. The van der Waals surface area contributed by atoms with E-state index in [9.17, 15) is 5.11 Å². The van der Waals surface area contributed by atoms with Crippen molar-refractivity contribution in [1.82, 2.24) is 5.32 Å². The van der Waals surface area contributed by atoms with Crippen LogP contribution in [0.1, 0.15) is 40.0 Å². The monoisotopic (exact) mass is 231 g/mol. The normalized spacial score (nSPS) is 25.2. The molecule has 1 aliphatic rings. The summed E-state index contributed by atoms with van der Waals surface area (Å²) in [5.74, 6) is 2.52. The van der Waals surface area contributed by atoms with Crippen LogP contribution in [0.15, 0.2) is 0 Å². The van der Waals surface area contributed by atoms with E-state index in [-0.39, 0.29) is 11.5 Å². The molecule has 90 valence electrons. The van der Waals surface area contributed by atoms with Crippen molar-refractivity contribution in [2.75, 3.05) is 18.1 Å². The smallest absolute Gasteiger partial charge is 0.0669 e. The van der Waals surface area contributed by atoms with Crippen LogP contribution in [0, 0.1) is 5.41 Å². The molecule has 0 spiro atoms. The number of nitrogens with one attached hydrogen (secondary N) is 1. The molecule has 2 nitrogen and oxygen atoms in total. The van der Waals surface area contributed by atoms with Gasteiger partial charge in [-0.25, -0.2) is 0 Å². The molecular formula is C12H25NOS. The van der Waals surface area contributed by atoms with Crippen LogP contribution in [0.2, 0.25) is 0 Å². The van der Waals surface area contributed by atoms with Gasteiger partial charge in [-0.1, -0.05) is 20.8 Å². The first-order chi connectivity index (χ1) is 6.97. The van der Waals surface area contributed by atoms with E-state index < -0.39 is 0 Å². The summed E-state index contributed by atoms with van der Waals surface area (Å²) in [6.07, 6.45) is 3.27. The second-order valence-corrected chi connectivity index (χ2v) is 6.89. The lowest BCUT2D eigenvalue weighted by Gasteiger charge is -2.26. The highest BCUT2D eigenvalue weighted by molar-refractivity contribution is 7.99. The van der Waals surface area contributed by atoms with Crippen LogP contribution in [0.3, 0.4) is 0 Å². The van der Waals surface area contributed by atoms with E-state index in [1.165, 1.54) is 24.3 Å². The van der Waals surface area contributed by atoms with Crippen molar-refractivity contribution in [1.29, 1.82) is 0 Å². The summed E-state index contributed by atoms with van der Waals surface area (Å²) < 4.78 is 0. The fourth-order valence-corrected chi connectivity index (χ4v) is 3.09. The van der Waals surface area contributed by atoms with Gasteiger partial charge in [0.15, 0.2) is 0 Å². The molecule has 0 saturated carbocycles. The van der Waals surface area contributed by atoms with E-state index in [2.05, 4.69) is 26.1 Å². The molecule has 0 aliphatic carbocycles. The molecule has 0 bridgehead atoms. The topological polar surface area (TPSA) is 32.3 Å². The molecule has 3 heteroatoms. The van der Waals surface area contributed by atoms with E-state index in [0.29, 0.717) is 6.04 Å². The van der Waals surface area contributed by atoms with Gasteiger partial charge in [-0.3, -0.25) is 0 Å². The van der Waals surface area contributed by atoms with E-state index in [1.54, 1.807) is 0 Å². The largest absolute Gasteiger partial charge is 0.392 e. The van der Waals surface area contributed by atoms with Gasteiger partial charge >= 0.3 is 0 Å². The minimum Gasteiger partial charge on any atom is -0.392 e. The van der Waals surface area contributed by atoms with Gasteiger partial charge in [0.05, 0.1) is 6.10 Å². The highest BCUT2D eigenvalue weighted by Crippen LogP contribution is 2.21. The molecule has 0 amide bonds. The number of aliphatic hydroxyl groups excluding tert-OH is 1. The summed E-state index contributed by atoms with van der Waals surface area (Å²) in [4.78, 5) is 0. The van der Waals surface area contributed by atoms with Crippen LogP contribution in [0.4, 0.5) is 0 Å². The second kappa shape index (κ2) is 6.12. The Kier molecular flexibility index (Phi) is 5.44. The van der Waals surface area contributed by atoms with Crippen molar-refractivity contribution >= 4 is 11.8 Å².